The highest BCUT2D eigenvalue weighted by Crippen LogP contribution is 2.16. The Kier molecular flexibility index (Phi) is 1.14. The number of aromatic nitrogens is 3. The van der Waals surface area contributed by atoms with Crippen LogP contribution in [0.4, 0.5) is 0 Å². The summed E-state index contributed by atoms with van der Waals surface area (Å²) in [6.07, 6.45) is 1.54. The minimum atomic E-state index is 0.803. The van der Waals surface area contributed by atoms with Crippen molar-refractivity contribution in [2.45, 2.75) is 6.92 Å². The van der Waals surface area contributed by atoms with Crippen LogP contribution in [0.25, 0.3) is 10.3 Å². The molecule has 2 aromatic heterocycles. The highest BCUT2D eigenvalue weighted by molar-refractivity contribution is 7.16. The van der Waals surface area contributed by atoms with Gasteiger partial charge in [-0.3, -0.25) is 0 Å². The summed E-state index contributed by atoms with van der Waals surface area (Å²) in [7, 11) is 0. The van der Waals surface area contributed by atoms with Crippen LogP contribution in [0.2, 0.25) is 0 Å². The van der Waals surface area contributed by atoms with E-state index in [0.29, 0.717) is 0 Å². The van der Waals surface area contributed by atoms with Gasteiger partial charge in [-0.1, -0.05) is 0 Å². The van der Waals surface area contributed by atoms with Gasteiger partial charge in [-0.25, -0.2) is 15.0 Å². The van der Waals surface area contributed by atoms with Gasteiger partial charge in [0.1, 0.15) is 6.33 Å². The predicted molar refractivity (Wildman–Crippen MR) is 39.9 cm³/mol. The van der Waals surface area contributed by atoms with Crippen molar-refractivity contribution in [3.05, 3.63) is 17.5 Å². The Labute approximate surface area is 61.8 Å². The Morgan fingerprint density at radius 3 is 3.00 bits per heavy atom. The van der Waals surface area contributed by atoms with Crippen molar-refractivity contribution in [1.29, 1.82) is 0 Å². The first-order chi connectivity index (χ1) is 4.88. The van der Waals surface area contributed by atoms with Gasteiger partial charge in [0.25, 0.3) is 0 Å². The fraction of sp³-hybridized carbons (Fsp3) is 0.167. The molecule has 0 amide bonds. The number of rotatable bonds is 0. The first-order valence-electron chi connectivity index (χ1n) is 2.89. The molecule has 0 unspecified atom stereocenters. The van der Waals surface area contributed by atoms with E-state index in [0.717, 1.165) is 16.0 Å². The fourth-order valence-corrected chi connectivity index (χ4v) is 1.50. The summed E-state index contributed by atoms with van der Waals surface area (Å²) in [4.78, 5) is 12.1. The number of aryl methyl sites for hydroxylation is 1. The van der Waals surface area contributed by atoms with Crippen molar-refractivity contribution >= 4 is 21.7 Å². The molecule has 0 atom stereocenters. The average molecular weight is 151 g/mol. The highest BCUT2D eigenvalue weighted by atomic mass is 32.1. The van der Waals surface area contributed by atoms with E-state index >= 15 is 0 Å². The monoisotopic (exact) mass is 151 g/mol. The van der Waals surface area contributed by atoms with E-state index < -0.39 is 0 Å². The number of fused-ring (bicyclic) bond motifs is 1. The molecular formula is C6H5N3S. The van der Waals surface area contributed by atoms with E-state index in [-0.39, 0.29) is 0 Å². The van der Waals surface area contributed by atoms with Crippen molar-refractivity contribution in [1.82, 2.24) is 15.0 Å². The van der Waals surface area contributed by atoms with Crippen LogP contribution < -0.4 is 0 Å². The summed E-state index contributed by atoms with van der Waals surface area (Å²) in [5, 5.41) is 0. The van der Waals surface area contributed by atoms with Crippen molar-refractivity contribution < 1.29 is 0 Å². The van der Waals surface area contributed by atoms with Crippen LogP contribution >= 0.6 is 11.3 Å². The molecule has 0 aliphatic heterocycles. The Bertz CT molecular complexity index is 355. The normalized spacial score (nSPS) is 10.5. The third-order valence-corrected chi connectivity index (χ3v) is 2.23. The summed E-state index contributed by atoms with van der Waals surface area (Å²) in [6.45, 7) is 1.96. The second kappa shape index (κ2) is 1.98. The van der Waals surface area contributed by atoms with Crippen LogP contribution in [0.1, 0.15) is 5.69 Å². The third kappa shape index (κ3) is 0.690. The molecule has 0 saturated heterocycles. The maximum absolute atomic E-state index is 4.05. The van der Waals surface area contributed by atoms with Crippen molar-refractivity contribution in [3.8, 4) is 0 Å². The van der Waals surface area contributed by atoms with Gasteiger partial charge >= 0.3 is 0 Å². The first-order valence-corrected chi connectivity index (χ1v) is 3.76. The second-order valence-corrected chi connectivity index (χ2v) is 2.82. The molecule has 0 aliphatic rings. The van der Waals surface area contributed by atoms with Gasteiger partial charge in [-0.2, -0.15) is 0 Å². The Hall–Kier alpha value is -1.03. The molecule has 3 nitrogen and oxygen atoms in total. The van der Waals surface area contributed by atoms with E-state index in [1.54, 1.807) is 16.8 Å². The SMILES string of the molecule is Cc1ncnc2ncsc12. The molecule has 0 bridgehead atoms. The van der Waals surface area contributed by atoms with Gasteiger partial charge in [-0.05, 0) is 6.92 Å². The minimum Gasteiger partial charge on any atom is -0.240 e. The van der Waals surface area contributed by atoms with Gasteiger partial charge in [0.05, 0.1) is 15.9 Å². The summed E-state index contributed by atoms with van der Waals surface area (Å²) in [5.41, 5.74) is 3.59. The predicted octanol–water partition coefficient (Wildman–Crippen LogP) is 1.39. The summed E-state index contributed by atoms with van der Waals surface area (Å²) in [5.74, 6) is 0. The zero-order valence-corrected chi connectivity index (χ0v) is 6.22. The largest absolute Gasteiger partial charge is 0.240 e. The molecule has 10 heavy (non-hydrogen) atoms. The number of hydrogen-bond donors (Lipinski definition) is 0. The van der Waals surface area contributed by atoms with E-state index in [2.05, 4.69) is 15.0 Å². The third-order valence-electron chi connectivity index (χ3n) is 1.31. The van der Waals surface area contributed by atoms with Gasteiger partial charge in [0, 0.05) is 0 Å². The van der Waals surface area contributed by atoms with Crippen molar-refractivity contribution in [3.63, 3.8) is 0 Å². The molecule has 2 heterocycles. The summed E-state index contributed by atoms with van der Waals surface area (Å²) in [6, 6.07) is 0. The Morgan fingerprint density at radius 2 is 2.20 bits per heavy atom. The molecule has 0 aliphatic carbocycles. The molecule has 2 aromatic rings. The van der Waals surface area contributed by atoms with Crippen LogP contribution in [0, 0.1) is 6.92 Å². The van der Waals surface area contributed by atoms with E-state index in [1.807, 2.05) is 6.92 Å². The molecular weight excluding hydrogens is 146 g/mol. The molecule has 0 saturated carbocycles. The zero-order valence-electron chi connectivity index (χ0n) is 5.40. The standard InChI is InChI=1S/C6H5N3S/c1-4-5-6(8-2-7-4)9-3-10-5/h2-3H,1H3. The second-order valence-electron chi connectivity index (χ2n) is 1.96. The number of thiazole rings is 1. The van der Waals surface area contributed by atoms with Crippen LogP contribution in [-0.4, -0.2) is 15.0 Å². The lowest BCUT2D eigenvalue weighted by Crippen LogP contribution is -1.82. The molecule has 0 spiro atoms. The summed E-state index contributed by atoms with van der Waals surface area (Å²) < 4.78 is 1.09. The molecule has 0 fully saturated rings. The smallest absolute Gasteiger partial charge is 0.173 e. The lowest BCUT2D eigenvalue weighted by atomic mass is 10.4. The quantitative estimate of drug-likeness (QED) is 0.571. The van der Waals surface area contributed by atoms with Gasteiger partial charge in [-0.15, -0.1) is 11.3 Å². The number of nitrogens with zero attached hydrogens (tertiary/aromatic N) is 3. The lowest BCUT2D eigenvalue weighted by molar-refractivity contribution is 1.14. The molecule has 50 valence electrons. The minimum absolute atomic E-state index is 0.803. The van der Waals surface area contributed by atoms with Crippen LogP contribution in [-0.2, 0) is 0 Å². The Morgan fingerprint density at radius 1 is 1.30 bits per heavy atom. The molecule has 2 rings (SSSR count). The fourth-order valence-electron chi connectivity index (χ4n) is 0.808. The Balaban J connectivity index is 2.95. The van der Waals surface area contributed by atoms with Crippen molar-refractivity contribution in [2.75, 3.05) is 0 Å². The summed E-state index contributed by atoms with van der Waals surface area (Å²) >= 11 is 1.58. The van der Waals surface area contributed by atoms with Crippen LogP contribution in [0.3, 0.4) is 0 Å². The van der Waals surface area contributed by atoms with Gasteiger partial charge in [0.2, 0.25) is 0 Å². The van der Waals surface area contributed by atoms with E-state index in [1.165, 1.54) is 6.33 Å². The molecule has 0 N–H and O–H groups in total. The molecule has 4 heteroatoms. The van der Waals surface area contributed by atoms with Gasteiger partial charge in [0.15, 0.2) is 5.65 Å². The molecule has 0 radical (unpaired) electrons. The van der Waals surface area contributed by atoms with Crippen LogP contribution in [0.5, 0.6) is 0 Å². The zero-order chi connectivity index (χ0) is 6.97. The number of hydrogen-bond acceptors (Lipinski definition) is 4. The highest BCUT2D eigenvalue weighted by Gasteiger charge is 1.99. The maximum atomic E-state index is 4.05. The topological polar surface area (TPSA) is 38.7 Å². The average Bonchev–Trinajstić information content (AvgIpc) is 2.36. The maximum Gasteiger partial charge on any atom is 0.173 e. The van der Waals surface area contributed by atoms with E-state index in [9.17, 15) is 0 Å². The molecule has 0 aromatic carbocycles. The van der Waals surface area contributed by atoms with Crippen molar-refractivity contribution in [2.24, 2.45) is 0 Å². The van der Waals surface area contributed by atoms with Gasteiger partial charge < -0.3 is 0 Å². The first kappa shape index (κ1) is 5.73. The lowest BCUT2D eigenvalue weighted by Gasteiger charge is -1.88. The van der Waals surface area contributed by atoms with Crippen LogP contribution in [0.15, 0.2) is 11.8 Å². The van der Waals surface area contributed by atoms with E-state index in [4.69, 9.17) is 0 Å².